The van der Waals surface area contributed by atoms with Gasteiger partial charge in [-0.05, 0) is 24.3 Å². The van der Waals surface area contributed by atoms with Gasteiger partial charge in [0, 0.05) is 44.8 Å². The molecule has 0 atom stereocenters. The topological polar surface area (TPSA) is 54.3 Å². The van der Waals surface area contributed by atoms with Gasteiger partial charge in [0.1, 0.15) is 12.1 Å². The number of amides is 1. The van der Waals surface area contributed by atoms with E-state index in [0.29, 0.717) is 18.7 Å². The molecular weight excluding hydrogens is 350 g/mol. The second kappa shape index (κ2) is 7.17. The first-order chi connectivity index (χ1) is 12.7. The van der Waals surface area contributed by atoms with Crippen molar-refractivity contribution in [2.75, 3.05) is 31.1 Å². The summed E-state index contributed by atoms with van der Waals surface area (Å²) in [4.78, 5) is 25.2. The zero-order chi connectivity index (χ0) is 17.9. The molecule has 6 nitrogen and oxygen atoms in total. The van der Waals surface area contributed by atoms with Gasteiger partial charge in [0.15, 0.2) is 0 Å². The summed E-state index contributed by atoms with van der Waals surface area (Å²) >= 11 is 6.27. The lowest BCUT2D eigenvalue weighted by atomic mass is 10.2. The summed E-state index contributed by atoms with van der Waals surface area (Å²) in [5, 5.41) is 0.742. The minimum absolute atomic E-state index is 0.00786. The van der Waals surface area contributed by atoms with Crippen LogP contribution in [0.25, 0.3) is 5.82 Å². The number of benzene rings is 1. The minimum Gasteiger partial charge on any atom is -0.367 e. The molecule has 7 heteroatoms. The van der Waals surface area contributed by atoms with Crippen LogP contribution in [-0.4, -0.2) is 51.5 Å². The van der Waals surface area contributed by atoms with Gasteiger partial charge < -0.3 is 9.80 Å². The van der Waals surface area contributed by atoms with Gasteiger partial charge in [-0.25, -0.2) is 9.97 Å². The van der Waals surface area contributed by atoms with E-state index in [1.807, 2.05) is 47.5 Å². The summed E-state index contributed by atoms with van der Waals surface area (Å²) in [7, 11) is 0. The van der Waals surface area contributed by atoms with E-state index in [9.17, 15) is 4.79 Å². The van der Waals surface area contributed by atoms with Crippen molar-refractivity contribution in [3.05, 3.63) is 71.9 Å². The number of pyridine rings is 1. The number of imidazole rings is 1. The summed E-state index contributed by atoms with van der Waals surface area (Å²) in [6.45, 7) is 2.84. The van der Waals surface area contributed by atoms with Crippen LogP contribution in [0.3, 0.4) is 0 Å². The van der Waals surface area contributed by atoms with E-state index < -0.39 is 0 Å². The molecule has 1 aliphatic heterocycles. The molecule has 1 aliphatic rings. The van der Waals surface area contributed by atoms with Gasteiger partial charge >= 0.3 is 0 Å². The summed E-state index contributed by atoms with van der Waals surface area (Å²) in [6.07, 6.45) is 6.81. The summed E-state index contributed by atoms with van der Waals surface area (Å²) < 4.78 is 1.80. The minimum atomic E-state index is 0.00786. The lowest BCUT2D eigenvalue weighted by molar-refractivity contribution is 0.0746. The lowest BCUT2D eigenvalue weighted by Gasteiger charge is -2.36. The fourth-order valence-electron chi connectivity index (χ4n) is 3.10. The third kappa shape index (κ3) is 3.28. The van der Waals surface area contributed by atoms with Gasteiger partial charge in [0.2, 0.25) is 0 Å². The highest BCUT2D eigenvalue weighted by molar-refractivity contribution is 6.33. The number of hydrogen-bond donors (Lipinski definition) is 0. The molecule has 0 radical (unpaired) electrons. The number of anilines is 1. The van der Waals surface area contributed by atoms with Crippen molar-refractivity contribution in [1.82, 2.24) is 19.4 Å². The van der Waals surface area contributed by atoms with Crippen LogP contribution in [0.5, 0.6) is 0 Å². The normalized spacial score (nSPS) is 14.5. The molecule has 0 unspecified atom stereocenters. The molecule has 132 valence electrons. The van der Waals surface area contributed by atoms with Crippen LogP contribution in [0, 0.1) is 0 Å². The molecular formula is C19H18ClN5O. The lowest BCUT2D eigenvalue weighted by Crippen LogP contribution is -2.48. The zero-order valence-electron chi connectivity index (χ0n) is 14.1. The van der Waals surface area contributed by atoms with Crippen molar-refractivity contribution in [2.45, 2.75) is 0 Å². The Hall–Kier alpha value is -2.86. The molecule has 4 rings (SSSR count). The van der Waals surface area contributed by atoms with E-state index in [1.54, 1.807) is 23.3 Å². The van der Waals surface area contributed by atoms with Gasteiger partial charge in [-0.3, -0.25) is 9.36 Å². The summed E-state index contributed by atoms with van der Waals surface area (Å²) in [5.41, 5.74) is 1.62. The van der Waals surface area contributed by atoms with E-state index in [-0.39, 0.29) is 5.91 Å². The number of carbonyl (C=O) groups is 1. The molecule has 3 aromatic rings. The molecule has 0 aliphatic carbocycles. The van der Waals surface area contributed by atoms with Gasteiger partial charge in [-0.1, -0.05) is 23.7 Å². The number of para-hydroxylation sites is 1. The second-order valence-electron chi connectivity index (χ2n) is 6.11. The largest absolute Gasteiger partial charge is 0.367 e. The number of hydrogen-bond acceptors (Lipinski definition) is 4. The van der Waals surface area contributed by atoms with E-state index in [1.165, 1.54) is 0 Å². The quantitative estimate of drug-likeness (QED) is 0.714. The Bertz CT molecular complexity index is 887. The Morgan fingerprint density at radius 3 is 2.50 bits per heavy atom. The Kier molecular flexibility index (Phi) is 4.58. The average molecular weight is 368 g/mol. The number of halogens is 1. The van der Waals surface area contributed by atoms with Gasteiger partial charge in [0.25, 0.3) is 5.91 Å². The van der Waals surface area contributed by atoms with Crippen molar-refractivity contribution in [1.29, 1.82) is 0 Å². The molecule has 1 saturated heterocycles. The van der Waals surface area contributed by atoms with Gasteiger partial charge in [0.05, 0.1) is 16.3 Å². The maximum absolute atomic E-state index is 12.7. The molecule has 0 N–H and O–H groups in total. The number of nitrogens with zero attached hydrogens (tertiary/aromatic N) is 5. The molecule has 2 aromatic heterocycles. The van der Waals surface area contributed by atoms with E-state index in [4.69, 9.17) is 11.6 Å². The highest BCUT2D eigenvalue weighted by atomic mass is 35.5. The maximum Gasteiger partial charge on any atom is 0.255 e. The van der Waals surface area contributed by atoms with Gasteiger partial charge in [-0.15, -0.1) is 0 Å². The highest BCUT2D eigenvalue weighted by Crippen LogP contribution is 2.26. The molecule has 0 bridgehead atoms. The van der Waals surface area contributed by atoms with Crippen molar-refractivity contribution >= 4 is 23.2 Å². The molecule has 26 heavy (non-hydrogen) atoms. The predicted octanol–water partition coefficient (Wildman–Crippen LogP) is 2.88. The number of aromatic nitrogens is 3. The van der Waals surface area contributed by atoms with Crippen LogP contribution in [0.4, 0.5) is 5.69 Å². The van der Waals surface area contributed by atoms with E-state index in [2.05, 4.69) is 14.9 Å². The van der Waals surface area contributed by atoms with Crippen LogP contribution in [0.1, 0.15) is 10.4 Å². The Morgan fingerprint density at radius 2 is 1.85 bits per heavy atom. The van der Waals surface area contributed by atoms with Crippen molar-refractivity contribution < 1.29 is 4.79 Å². The molecule has 3 heterocycles. The first-order valence-electron chi connectivity index (χ1n) is 8.45. The summed E-state index contributed by atoms with van der Waals surface area (Å²) in [6, 6.07) is 11.4. The van der Waals surface area contributed by atoms with Crippen LogP contribution < -0.4 is 4.90 Å². The van der Waals surface area contributed by atoms with Gasteiger partial charge in [-0.2, -0.15) is 0 Å². The fourth-order valence-corrected chi connectivity index (χ4v) is 3.36. The first-order valence-corrected chi connectivity index (χ1v) is 8.83. The number of rotatable bonds is 3. The fraction of sp³-hybridized carbons (Fsp3) is 0.211. The van der Waals surface area contributed by atoms with Crippen molar-refractivity contribution in [3.8, 4) is 5.82 Å². The third-order valence-corrected chi connectivity index (χ3v) is 4.84. The average Bonchev–Trinajstić information content (AvgIpc) is 3.23. The Balaban J connectivity index is 1.41. The van der Waals surface area contributed by atoms with Crippen molar-refractivity contribution in [3.63, 3.8) is 0 Å². The van der Waals surface area contributed by atoms with Crippen LogP contribution in [-0.2, 0) is 0 Å². The number of carbonyl (C=O) groups excluding carboxylic acids is 1. The monoisotopic (exact) mass is 367 g/mol. The molecule has 0 saturated carbocycles. The first kappa shape index (κ1) is 16.6. The van der Waals surface area contributed by atoms with Crippen LogP contribution in [0.2, 0.25) is 5.02 Å². The Morgan fingerprint density at radius 1 is 1.04 bits per heavy atom. The van der Waals surface area contributed by atoms with Crippen LogP contribution >= 0.6 is 11.6 Å². The second-order valence-corrected chi connectivity index (χ2v) is 6.51. The smallest absolute Gasteiger partial charge is 0.255 e. The molecule has 1 fully saturated rings. The highest BCUT2D eigenvalue weighted by Gasteiger charge is 2.23. The van der Waals surface area contributed by atoms with E-state index in [0.717, 1.165) is 29.6 Å². The van der Waals surface area contributed by atoms with E-state index >= 15 is 0 Å². The molecule has 1 amide bonds. The van der Waals surface area contributed by atoms with Crippen LogP contribution in [0.15, 0.2) is 61.3 Å². The summed E-state index contributed by atoms with van der Waals surface area (Å²) in [5.74, 6) is 0.746. The molecule has 1 aromatic carbocycles. The predicted molar refractivity (Wildman–Crippen MR) is 101 cm³/mol. The number of piperazine rings is 1. The SMILES string of the molecule is O=C(c1ccc(-n2ccnc2)nc1)N1CCN(c2ccccc2Cl)CC1. The Labute approximate surface area is 156 Å². The maximum atomic E-state index is 12.7. The zero-order valence-corrected chi connectivity index (χ0v) is 14.9. The molecule has 0 spiro atoms. The van der Waals surface area contributed by atoms with Crippen molar-refractivity contribution in [2.24, 2.45) is 0 Å². The third-order valence-electron chi connectivity index (χ3n) is 4.52. The standard InChI is InChI=1S/C19H18ClN5O/c20-16-3-1-2-4-17(16)23-9-11-24(12-10-23)19(26)15-5-6-18(22-13-15)25-8-7-21-14-25/h1-8,13-14H,9-12H2.